The van der Waals surface area contributed by atoms with E-state index < -0.39 is 0 Å². The van der Waals surface area contributed by atoms with Gasteiger partial charge in [0.25, 0.3) is 0 Å². The molecule has 2 saturated carbocycles. The van der Waals surface area contributed by atoms with Crippen molar-refractivity contribution in [1.29, 1.82) is 0 Å². The van der Waals surface area contributed by atoms with Gasteiger partial charge in [-0.25, -0.2) is 4.99 Å². The summed E-state index contributed by atoms with van der Waals surface area (Å²) in [6.45, 7) is 10.4. The van der Waals surface area contributed by atoms with Crippen LogP contribution in [0.4, 0.5) is 0 Å². The lowest BCUT2D eigenvalue weighted by Gasteiger charge is -2.24. The maximum Gasteiger partial charge on any atom is 0.122 e. The molecule has 2 rings (SSSR count). The first-order valence-electron chi connectivity index (χ1n) is 10.3. The smallest absolute Gasteiger partial charge is 0.122 e. The summed E-state index contributed by atoms with van der Waals surface area (Å²) in [6, 6.07) is 0.527. The number of aliphatic imine (C=N–C) groups is 1. The predicted octanol–water partition coefficient (Wildman–Crippen LogP) is 7.05. The highest BCUT2D eigenvalue weighted by Crippen LogP contribution is 2.36. The first kappa shape index (κ1) is 21.0. The fourth-order valence-corrected chi connectivity index (χ4v) is 3.77. The molecule has 0 unspecified atom stereocenters. The number of hydrogen-bond acceptors (Lipinski definition) is 2. The van der Waals surface area contributed by atoms with Gasteiger partial charge in [-0.2, -0.15) is 0 Å². The van der Waals surface area contributed by atoms with Gasteiger partial charge in [0.2, 0.25) is 0 Å². The Kier molecular flexibility index (Phi) is 8.71. The van der Waals surface area contributed by atoms with Crippen molar-refractivity contribution in [3.63, 3.8) is 0 Å². The molecule has 0 amide bonds. The molecule has 26 heavy (non-hydrogen) atoms. The highest BCUT2D eigenvalue weighted by atomic mass is 35.5. The van der Waals surface area contributed by atoms with Crippen molar-refractivity contribution in [2.24, 2.45) is 10.9 Å². The molecule has 0 heterocycles. The van der Waals surface area contributed by atoms with Crippen molar-refractivity contribution in [2.75, 3.05) is 0 Å². The van der Waals surface area contributed by atoms with E-state index in [0.29, 0.717) is 11.1 Å². The van der Waals surface area contributed by atoms with Crippen LogP contribution in [0.25, 0.3) is 0 Å². The molecule has 0 aliphatic heterocycles. The summed E-state index contributed by atoms with van der Waals surface area (Å²) in [5.74, 6) is 1.79. The average molecular weight is 375 g/mol. The summed E-state index contributed by atoms with van der Waals surface area (Å²) in [7, 11) is 0. The van der Waals surface area contributed by atoms with E-state index in [1.807, 2.05) is 19.1 Å². The van der Waals surface area contributed by atoms with Crippen LogP contribution in [0.2, 0.25) is 0 Å². The number of nitrogens with one attached hydrogen (secondary N) is 1. The maximum absolute atomic E-state index is 6.58. The Labute approximate surface area is 165 Å². The van der Waals surface area contributed by atoms with Gasteiger partial charge in [-0.15, -0.1) is 0 Å². The van der Waals surface area contributed by atoms with Crippen LogP contribution in [-0.2, 0) is 0 Å². The zero-order valence-corrected chi connectivity index (χ0v) is 17.5. The zero-order chi connectivity index (χ0) is 18.9. The minimum atomic E-state index is 0.527. The largest absolute Gasteiger partial charge is 0.368 e. The topological polar surface area (TPSA) is 24.4 Å². The molecule has 2 fully saturated rings. The molecule has 144 valence electrons. The molecule has 0 aromatic heterocycles. The molecule has 0 aromatic carbocycles. The summed E-state index contributed by atoms with van der Waals surface area (Å²) in [4.78, 5) is 4.99. The monoisotopic (exact) mass is 374 g/mol. The van der Waals surface area contributed by atoms with Gasteiger partial charge in [0.05, 0.1) is 10.7 Å². The third-order valence-electron chi connectivity index (χ3n) is 5.28. The molecule has 0 atom stereocenters. The van der Waals surface area contributed by atoms with Crippen molar-refractivity contribution in [2.45, 2.75) is 84.6 Å². The van der Waals surface area contributed by atoms with Crippen molar-refractivity contribution in [3.8, 4) is 0 Å². The second kappa shape index (κ2) is 10.8. The summed E-state index contributed by atoms with van der Waals surface area (Å²) in [5.41, 5.74) is 3.28. The average Bonchev–Trinajstić information content (AvgIpc) is 3.45. The molecule has 0 spiro atoms. The second-order valence-electron chi connectivity index (χ2n) is 7.62. The molecular weight excluding hydrogens is 340 g/mol. The number of rotatable bonds is 9. The van der Waals surface area contributed by atoms with E-state index in [9.17, 15) is 0 Å². The minimum Gasteiger partial charge on any atom is -0.368 e. The highest BCUT2D eigenvalue weighted by molar-refractivity contribution is 6.46. The SMILES string of the molecule is C=CC(=C(C)CC1CC1)C(=N\C(=C\CC)NC1CCCCC1)/C(Cl)=C\C. The molecule has 0 bridgehead atoms. The molecule has 2 aliphatic rings. The van der Waals surface area contributed by atoms with Gasteiger partial charge in [0.1, 0.15) is 5.82 Å². The van der Waals surface area contributed by atoms with E-state index in [0.717, 1.165) is 35.9 Å². The number of hydrogen-bond donors (Lipinski definition) is 1. The van der Waals surface area contributed by atoms with E-state index >= 15 is 0 Å². The van der Waals surface area contributed by atoms with Crippen LogP contribution in [0.3, 0.4) is 0 Å². The van der Waals surface area contributed by atoms with E-state index in [-0.39, 0.29) is 0 Å². The lowest BCUT2D eigenvalue weighted by Crippen LogP contribution is -2.30. The van der Waals surface area contributed by atoms with Crippen molar-refractivity contribution < 1.29 is 0 Å². The van der Waals surface area contributed by atoms with Gasteiger partial charge < -0.3 is 5.32 Å². The Hall–Kier alpha value is -1.28. The fraction of sp³-hybridized carbons (Fsp3) is 0.609. The number of allylic oxidation sites excluding steroid dienone is 6. The molecule has 1 N–H and O–H groups in total. The van der Waals surface area contributed by atoms with Crippen LogP contribution in [0.5, 0.6) is 0 Å². The fourth-order valence-electron chi connectivity index (χ4n) is 3.62. The van der Waals surface area contributed by atoms with Gasteiger partial charge in [-0.1, -0.05) is 62.1 Å². The lowest BCUT2D eigenvalue weighted by atomic mass is 9.95. The van der Waals surface area contributed by atoms with Crippen LogP contribution >= 0.6 is 11.6 Å². The lowest BCUT2D eigenvalue weighted by molar-refractivity contribution is 0.395. The minimum absolute atomic E-state index is 0.527. The second-order valence-corrected chi connectivity index (χ2v) is 8.03. The van der Waals surface area contributed by atoms with Crippen molar-refractivity contribution in [3.05, 3.63) is 46.8 Å². The summed E-state index contributed by atoms with van der Waals surface area (Å²) < 4.78 is 0. The first-order chi connectivity index (χ1) is 12.6. The van der Waals surface area contributed by atoms with Gasteiger partial charge in [-0.05, 0) is 64.4 Å². The van der Waals surface area contributed by atoms with Gasteiger partial charge in [0, 0.05) is 11.6 Å². The van der Waals surface area contributed by atoms with E-state index in [1.165, 1.54) is 50.5 Å². The molecule has 0 aromatic rings. The van der Waals surface area contributed by atoms with Crippen LogP contribution in [-0.4, -0.2) is 11.8 Å². The molecule has 2 aliphatic carbocycles. The zero-order valence-electron chi connectivity index (χ0n) is 16.8. The van der Waals surface area contributed by atoms with Gasteiger partial charge in [-0.3, -0.25) is 0 Å². The first-order valence-corrected chi connectivity index (χ1v) is 10.7. The predicted molar refractivity (Wildman–Crippen MR) is 116 cm³/mol. The van der Waals surface area contributed by atoms with Crippen molar-refractivity contribution in [1.82, 2.24) is 5.32 Å². The maximum atomic E-state index is 6.58. The Bertz CT molecular complexity index is 600. The highest BCUT2D eigenvalue weighted by Gasteiger charge is 2.23. The molecule has 3 heteroatoms. The van der Waals surface area contributed by atoms with Crippen molar-refractivity contribution >= 4 is 17.3 Å². The summed E-state index contributed by atoms with van der Waals surface area (Å²) in [5, 5.41) is 4.36. The van der Waals surface area contributed by atoms with Crippen LogP contribution in [0.15, 0.2) is 51.8 Å². The Morgan fingerprint density at radius 3 is 2.42 bits per heavy atom. The van der Waals surface area contributed by atoms with Crippen LogP contribution in [0.1, 0.15) is 78.6 Å². The molecule has 0 saturated heterocycles. The van der Waals surface area contributed by atoms with E-state index in [2.05, 4.69) is 31.8 Å². The normalized spacial score (nSPS) is 21.5. The third-order valence-corrected chi connectivity index (χ3v) is 5.67. The Morgan fingerprint density at radius 2 is 1.88 bits per heavy atom. The standard InChI is InChI=1S/C23H35ClN2/c1-5-11-22(25-19-12-9-8-10-13-19)26-23(21(24)7-3)20(6-2)17(4)16-18-14-15-18/h6-7,11,18-19,25H,2,5,8-10,12-16H2,1,3-4H3/b20-17?,21-7+,22-11+,26-23+. The van der Waals surface area contributed by atoms with E-state index in [4.69, 9.17) is 16.6 Å². The van der Waals surface area contributed by atoms with E-state index in [1.54, 1.807) is 0 Å². The molecular formula is C23H35ClN2. The molecule has 0 radical (unpaired) electrons. The van der Waals surface area contributed by atoms with Gasteiger partial charge >= 0.3 is 0 Å². The Balaban J connectivity index is 2.31. The Morgan fingerprint density at radius 1 is 1.19 bits per heavy atom. The third kappa shape index (κ3) is 6.46. The number of nitrogens with zero attached hydrogens (tertiary/aromatic N) is 1. The van der Waals surface area contributed by atoms with Gasteiger partial charge in [0.15, 0.2) is 0 Å². The molecule has 2 nitrogen and oxygen atoms in total. The summed E-state index contributed by atoms with van der Waals surface area (Å²) >= 11 is 6.58. The quantitative estimate of drug-likeness (QED) is 0.339. The number of halogens is 1. The summed E-state index contributed by atoms with van der Waals surface area (Å²) in [6.07, 6.45) is 17.2. The van der Waals surface area contributed by atoms with Crippen LogP contribution in [0, 0.1) is 5.92 Å². The van der Waals surface area contributed by atoms with Crippen LogP contribution < -0.4 is 5.32 Å².